The first-order chi connectivity index (χ1) is 14.0. The molecule has 2 atom stereocenters. The Bertz CT molecular complexity index is 780. The molecule has 0 spiro atoms. The molecule has 3 rings (SSSR count). The molecule has 7 nitrogen and oxygen atoms in total. The molecule has 0 radical (unpaired) electrons. The summed E-state index contributed by atoms with van der Waals surface area (Å²) in [5, 5.41) is 6.59. The van der Waals surface area contributed by atoms with Crippen LogP contribution < -0.4 is 15.4 Å². The van der Waals surface area contributed by atoms with Gasteiger partial charge < -0.3 is 15.4 Å². The molecule has 2 saturated heterocycles. The first kappa shape index (κ1) is 25.2. The summed E-state index contributed by atoms with van der Waals surface area (Å²) < 4.78 is 28.9. The lowest BCUT2D eigenvalue weighted by Crippen LogP contribution is -2.44. The van der Waals surface area contributed by atoms with Gasteiger partial charge in [-0.3, -0.25) is 9.89 Å². The Morgan fingerprint density at radius 2 is 1.93 bits per heavy atom. The van der Waals surface area contributed by atoms with Crippen LogP contribution in [0.4, 0.5) is 0 Å². The summed E-state index contributed by atoms with van der Waals surface area (Å²) >= 11 is 0. The molecule has 1 aromatic rings. The highest BCUT2D eigenvalue weighted by atomic mass is 127. The van der Waals surface area contributed by atoms with Crippen LogP contribution >= 0.6 is 24.0 Å². The summed E-state index contributed by atoms with van der Waals surface area (Å²) in [5.41, 5.74) is 1.23. The maximum absolute atomic E-state index is 11.8. The number of halogens is 1. The molecular weight excluding hydrogens is 515 g/mol. The van der Waals surface area contributed by atoms with Gasteiger partial charge in [-0.15, -0.1) is 24.0 Å². The van der Waals surface area contributed by atoms with Gasteiger partial charge in [-0.05, 0) is 57.0 Å². The van der Waals surface area contributed by atoms with E-state index in [4.69, 9.17) is 9.73 Å². The van der Waals surface area contributed by atoms with E-state index in [1.54, 1.807) is 7.11 Å². The molecule has 0 bridgehead atoms. The Labute approximate surface area is 198 Å². The summed E-state index contributed by atoms with van der Waals surface area (Å²) in [6, 6.07) is 8.39. The van der Waals surface area contributed by atoms with Crippen molar-refractivity contribution in [1.29, 1.82) is 0 Å². The minimum atomic E-state index is -2.92. The van der Waals surface area contributed by atoms with E-state index in [-0.39, 0.29) is 47.6 Å². The van der Waals surface area contributed by atoms with Gasteiger partial charge in [0.1, 0.15) is 5.75 Å². The third-order valence-corrected chi connectivity index (χ3v) is 7.44. The van der Waals surface area contributed by atoms with Crippen molar-refractivity contribution in [1.82, 2.24) is 15.5 Å². The van der Waals surface area contributed by atoms with Crippen LogP contribution in [0.15, 0.2) is 29.3 Å². The van der Waals surface area contributed by atoms with Gasteiger partial charge in [-0.2, -0.15) is 0 Å². The third kappa shape index (κ3) is 7.26. The number of nitrogens with one attached hydrogen (secondary N) is 2. The number of methoxy groups -OCH3 is 1. The summed E-state index contributed by atoms with van der Waals surface area (Å²) in [4.78, 5) is 7.36. The molecule has 2 aliphatic heterocycles. The number of aliphatic imine (C=N–C) groups is 1. The summed E-state index contributed by atoms with van der Waals surface area (Å²) in [6.45, 7) is 5.55. The van der Waals surface area contributed by atoms with E-state index >= 15 is 0 Å². The minimum Gasteiger partial charge on any atom is -0.497 e. The van der Waals surface area contributed by atoms with Crippen LogP contribution in [0, 0.1) is 0 Å². The first-order valence-electron chi connectivity index (χ1n) is 10.6. The second kappa shape index (κ2) is 12.1. The SMILES string of the molecule is CCNC(=NCC(c1ccc(OC)cc1)N1CCCCC1)NC1CCS(=O)(=O)C1.I. The van der Waals surface area contributed by atoms with Crippen LogP contribution in [0.2, 0.25) is 0 Å². The minimum absolute atomic E-state index is 0. The zero-order valence-corrected chi connectivity index (χ0v) is 21.1. The Kier molecular flexibility index (Phi) is 10.2. The third-order valence-electron chi connectivity index (χ3n) is 5.67. The second-order valence-electron chi connectivity index (χ2n) is 7.85. The molecule has 2 N–H and O–H groups in total. The van der Waals surface area contributed by atoms with Crippen molar-refractivity contribution in [3.8, 4) is 5.75 Å². The number of sulfone groups is 1. The van der Waals surface area contributed by atoms with Gasteiger partial charge in [-0.25, -0.2) is 8.42 Å². The number of piperidine rings is 1. The molecular formula is C21H35IN4O3S. The number of benzene rings is 1. The van der Waals surface area contributed by atoms with Crippen molar-refractivity contribution in [2.45, 2.75) is 44.7 Å². The van der Waals surface area contributed by atoms with Crippen molar-refractivity contribution in [2.75, 3.05) is 44.8 Å². The molecule has 2 unspecified atom stereocenters. The average molecular weight is 551 g/mol. The van der Waals surface area contributed by atoms with Crippen LogP contribution in [0.3, 0.4) is 0 Å². The molecule has 30 heavy (non-hydrogen) atoms. The zero-order valence-electron chi connectivity index (χ0n) is 18.0. The smallest absolute Gasteiger partial charge is 0.191 e. The lowest BCUT2D eigenvalue weighted by molar-refractivity contribution is 0.167. The van der Waals surface area contributed by atoms with Gasteiger partial charge >= 0.3 is 0 Å². The fourth-order valence-corrected chi connectivity index (χ4v) is 5.76. The molecule has 9 heteroatoms. The van der Waals surface area contributed by atoms with Gasteiger partial charge in [0.15, 0.2) is 15.8 Å². The standard InChI is InChI=1S/C21H34N4O3S.HI/c1-3-22-21(24-18-11-14-29(26,27)16-18)23-15-20(25-12-5-4-6-13-25)17-7-9-19(28-2)10-8-17;/h7-10,18,20H,3-6,11-16H2,1-2H3,(H2,22,23,24);1H. The second-order valence-corrected chi connectivity index (χ2v) is 10.1. The van der Waals surface area contributed by atoms with E-state index in [1.807, 2.05) is 19.1 Å². The van der Waals surface area contributed by atoms with Gasteiger partial charge in [0.05, 0.1) is 31.2 Å². The molecule has 0 aliphatic carbocycles. The van der Waals surface area contributed by atoms with Crippen LogP contribution in [0.1, 0.15) is 44.2 Å². The highest BCUT2D eigenvalue weighted by Crippen LogP contribution is 2.26. The van der Waals surface area contributed by atoms with E-state index in [2.05, 4.69) is 27.7 Å². The Morgan fingerprint density at radius 3 is 2.50 bits per heavy atom. The van der Waals surface area contributed by atoms with Crippen LogP contribution in [-0.2, 0) is 9.84 Å². The van der Waals surface area contributed by atoms with Crippen molar-refractivity contribution >= 4 is 39.8 Å². The van der Waals surface area contributed by atoms with Gasteiger partial charge in [0.25, 0.3) is 0 Å². The maximum atomic E-state index is 11.8. The van der Waals surface area contributed by atoms with Gasteiger partial charge in [0.2, 0.25) is 0 Å². The normalized spacial score (nSPS) is 22.7. The summed E-state index contributed by atoms with van der Waals surface area (Å²) in [6.07, 6.45) is 4.36. The van der Waals surface area contributed by atoms with E-state index in [1.165, 1.54) is 24.8 Å². The number of likely N-dealkylation sites (tertiary alicyclic amines) is 1. The number of hydrogen-bond donors (Lipinski definition) is 2. The first-order valence-corrected chi connectivity index (χ1v) is 12.5. The monoisotopic (exact) mass is 550 g/mol. The fourth-order valence-electron chi connectivity index (χ4n) is 4.09. The number of nitrogens with zero attached hydrogens (tertiary/aromatic N) is 2. The van der Waals surface area contributed by atoms with Crippen molar-refractivity contribution in [3.63, 3.8) is 0 Å². The maximum Gasteiger partial charge on any atom is 0.191 e. The lowest BCUT2D eigenvalue weighted by Gasteiger charge is -2.34. The molecule has 170 valence electrons. The van der Waals surface area contributed by atoms with Crippen molar-refractivity contribution in [3.05, 3.63) is 29.8 Å². The van der Waals surface area contributed by atoms with E-state index in [0.717, 1.165) is 25.4 Å². The zero-order chi connectivity index (χ0) is 20.7. The van der Waals surface area contributed by atoms with E-state index in [0.29, 0.717) is 18.9 Å². The Balaban J connectivity index is 0.00000320. The molecule has 0 aromatic heterocycles. The number of ether oxygens (including phenoxy) is 1. The highest BCUT2D eigenvalue weighted by molar-refractivity contribution is 14.0. The van der Waals surface area contributed by atoms with E-state index in [9.17, 15) is 8.42 Å². The highest BCUT2D eigenvalue weighted by Gasteiger charge is 2.28. The average Bonchev–Trinajstić information content (AvgIpc) is 3.07. The lowest BCUT2D eigenvalue weighted by atomic mass is 10.0. The topological polar surface area (TPSA) is 83.0 Å². The predicted molar refractivity (Wildman–Crippen MR) is 133 cm³/mol. The predicted octanol–water partition coefficient (Wildman–Crippen LogP) is 2.58. The molecule has 2 heterocycles. The van der Waals surface area contributed by atoms with Crippen molar-refractivity contribution < 1.29 is 13.2 Å². The summed E-state index contributed by atoms with van der Waals surface area (Å²) in [5.74, 6) is 2.00. The molecule has 1 aromatic carbocycles. The fraction of sp³-hybridized carbons (Fsp3) is 0.667. The molecule has 2 aliphatic rings. The van der Waals surface area contributed by atoms with Crippen LogP contribution in [-0.4, -0.2) is 70.1 Å². The molecule has 0 saturated carbocycles. The van der Waals surface area contributed by atoms with Gasteiger partial charge in [0, 0.05) is 12.6 Å². The van der Waals surface area contributed by atoms with Crippen LogP contribution in [0.25, 0.3) is 0 Å². The number of hydrogen-bond acceptors (Lipinski definition) is 5. The largest absolute Gasteiger partial charge is 0.497 e. The van der Waals surface area contributed by atoms with Crippen LogP contribution in [0.5, 0.6) is 5.75 Å². The number of rotatable bonds is 7. The number of guanidine groups is 1. The Hall–Kier alpha value is -1.07. The Morgan fingerprint density at radius 1 is 1.23 bits per heavy atom. The summed E-state index contributed by atoms with van der Waals surface area (Å²) in [7, 11) is -1.24. The van der Waals surface area contributed by atoms with Gasteiger partial charge in [-0.1, -0.05) is 18.6 Å². The molecule has 0 amide bonds. The quantitative estimate of drug-likeness (QED) is 0.309. The van der Waals surface area contributed by atoms with E-state index < -0.39 is 9.84 Å². The molecule has 2 fully saturated rings. The van der Waals surface area contributed by atoms with Crippen molar-refractivity contribution in [2.24, 2.45) is 4.99 Å².